The van der Waals surface area contributed by atoms with Crippen molar-refractivity contribution in [3.05, 3.63) is 65.2 Å². The number of anilines is 1. The van der Waals surface area contributed by atoms with Crippen LogP contribution in [0.15, 0.2) is 48.5 Å². The number of rotatable bonds is 8. The zero-order chi connectivity index (χ0) is 19.2. The molecule has 0 aliphatic rings. The Bertz CT molecular complexity index is 863. The molecular formula is C20H26N2O3S. The van der Waals surface area contributed by atoms with Crippen LogP contribution in [0.25, 0.3) is 0 Å². The van der Waals surface area contributed by atoms with Gasteiger partial charge in [0.2, 0.25) is 0 Å². The zero-order valence-corrected chi connectivity index (χ0v) is 16.3. The molecule has 0 radical (unpaired) electrons. The molecular weight excluding hydrogens is 348 g/mol. The summed E-state index contributed by atoms with van der Waals surface area (Å²) < 4.78 is 22.8. The molecule has 0 aliphatic carbocycles. The Morgan fingerprint density at radius 2 is 1.85 bits per heavy atom. The number of para-hydroxylation sites is 1. The van der Waals surface area contributed by atoms with E-state index < -0.39 is 9.84 Å². The maximum Gasteiger partial charge on any atom is 0.251 e. The van der Waals surface area contributed by atoms with Gasteiger partial charge in [-0.2, -0.15) is 0 Å². The molecule has 0 heterocycles. The quantitative estimate of drug-likeness (QED) is 0.772. The van der Waals surface area contributed by atoms with Crippen molar-refractivity contribution >= 4 is 21.4 Å². The lowest BCUT2D eigenvalue weighted by Gasteiger charge is -2.25. The van der Waals surface area contributed by atoms with Gasteiger partial charge in [-0.25, -0.2) is 8.42 Å². The van der Waals surface area contributed by atoms with E-state index in [0.29, 0.717) is 24.2 Å². The van der Waals surface area contributed by atoms with E-state index in [-0.39, 0.29) is 11.7 Å². The van der Waals surface area contributed by atoms with Crippen LogP contribution in [-0.2, 0) is 15.6 Å². The zero-order valence-electron chi connectivity index (χ0n) is 15.5. The summed E-state index contributed by atoms with van der Waals surface area (Å²) in [5, 5.41) is 2.91. The lowest BCUT2D eigenvalue weighted by molar-refractivity contribution is 0.0954. The Morgan fingerprint density at radius 3 is 2.50 bits per heavy atom. The van der Waals surface area contributed by atoms with Gasteiger partial charge in [0, 0.05) is 37.1 Å². The molecule has 140 valence electrons. The van der Waals surface area contributed by atoms with Crippen molar-refractivity contribution in [3.63, 3.8) is 0 Å². The Kier molecular flexibility index (Phi) is 6.80. The number of aryl methyl sites for hydroxylation is 1. The van der Waals surface area contributed by atoms with Gasteiger partial charge in [-0.15, -0.1) is 0 Å². The summed E-state index contributed by atoms with van der Waals surface area (Å²) in [5.41, 5.74) is 3.47. The third-order valence-corrected chi connectivity index (χ3v) is 4.98. The molecule has 0 spiro atoms. The number of likely N-dealkylation sites (N-methyl/N-ethyl adjacent to an activating group) is 1. The molecule has 6 heteroatoms. The minimum atomic E-state index is -3.12. The van der Waals surface area contributed by atoms with Crippen LogP contribution in [0.1, 0.15) is 28.4 Å². The molecule has 2 aromatic carbocycles. The molecule has 2 rings (SSSR count). The van der Waals surface area contributed by atoms with Crippen molar-refractivity contribution in [3.8, 4) is 0 Å². The van der Waals surface area contributed by atoms with Crippen LogP contribution in [0.2, 0.25) is 0 Å². The maximum atomic E-state index is 12.4. The summed E-state index contributed by atoms with van der Waals surface area (Å²) in [7, 11) is -3.12. The average molecular weight is 375 g/mol. The molecule has 1 N–H and O–H groups in total. The highest BCUT2D eigenvalue weighted by Crippen LogP contribution is 2.18. The second kappa shape index (κ2) is 8.85. The van der Waals surface area contributed by atoms with Crippen LogP contribution < -0.4 is 10.2 Å². The summed E-state index contributed by atoms with van der Waals surface area (Å²) in [6, 6.07) is 14.9. The van der Waals surface area contributed by atoms with Crippen LogP contribution in [-0.4, -0.2) is 40.2 Å². The number of hydrogen-bond acceptors (Lipinski definition) is 4. The third-order valence-electron chi connectivity index (χ3n) is 4.12. The standard InChI is InChI=1S/C20H26N2O3S/c1-4-22(19-11-6-5-8-16(19)2)13-12-21-20(23)18-10-7-9-17(14-18)15-26(3,24)25/h5-11,14H,4,12-13,15H2,1-3H3,(H,21,23). The summed E-state index contributed by atoms with van der Waals surface area (Å²) in [5.74, 6) is -0.258. The van der Waals surface area contributed by atoms with Gasteiger partial charge in [0.1, 0.15) is 0 Å². The molecule has 0 saturated carbocycles. The maximum absolute atomic E-state index is 12.4. The highest BCUT2D eigenvalue weighted by atomic mass is 32.2. The van der Waals surface area contributed by atoms with E-state index in [2.05, 4.69) is 36.2 Å². The van der Waals surface area contributed by atoms with Crippen LogP contribution in [0.4, 0.5) is 5.69 Å². The largest absolute Gasteiger partial charge is 0.370 e. The Hall–Kier alpha value is -2.34. The first-order chi connectivity index (χ1) is 12.3. The molecule has 1 amide bonds. The lowest BCUT2D eigenvalue weighted by atomic mass is 10.1. The number of amides is 1. The van der Waals surface area contributed by atoms with Gasteiger partial charge in [-0.3, -0.25) is 4.79 Å². The van der Waals surface area contributed by atoms with Crippen molar-refractivity contribution in [2.24, 2.45) is 0 Å². The summed E-state index contributed by atoms with van der Waals surface area (Å²) >= 11 is 0. The molecule has 2 aromatic rings. The number of nitrogens with zero attached hydrogens (tertiary/aromatic N) is 1. The molecule has 0 fully saturated rings. The first kappa shape index (κ1) is 20.0. The second-order valence-electron chi connectivity index (χ2n) is 6.39. The minimum absolute atomic E-state index is 0.0645. The molecule has 0 atom stereocenters. The van der Waals surface area contributed by atoms with Crippen molar-refractivity contribution < 1.29 is 13.2 Å². The van der Waals surface area contributed by atoms with Gasteiger partial charge in [0.25, 0.3) is 5.91 Å². The van der Waals surface area contributed by atoms with Gasteiger partial charge >= 0.3 is 0 Å². The first-order valence-electron chi connectivity index (χ1n) is 8.65. The van der Waals surface area contributed by atoms with Gasteiger partial charge in [-0.05, 0) is 43.2 Å². The van der Waals surface area contributed by atoms with Crippen LogP contribution in [0, 0.1) is 6.92 Å². The Balaban J connectivity index is 1.96. The number of nitrogens with one attached hydrogen (secondary N) is 1. The molecule has 0 aliphatic heterocycles. The third kappa shape index (κ3) is 5.88. The monoisotopic (exact) mass is 374 g/mol. The fourth-order valence-corrected chi connectivity index (χ4v) is 3.66. The number of carbonyl (C=O) groups is 1. The Morgan fingerprint density at radius 1 is 1.12 bits per heavy atom. The topological polar surface area (TPSA) is 66.5 Å². The van der Waals surface area contributed by atoms with Crippen molar-refractivity contribution in [1.29, 1.82) is 0 Å². The van der Waals surface area contributed by atoms with Gasteiger partial charge in [-0.1, -0.05) is 30.3 Å². The summed E-state index contributed by atoms with van der Waals surface area (Å²) in [6.45, 7) is 6.23. The normalized spacial score (nSPS) is 11.2. The van der Waals surface area contributed by atoms with Crippen LogP contribution in [0.3, 0.4) is 0 Å². The molecule has 0 unspecified atom stereocenters. The number of benzene rings is 2. The van der Waals surface area contributed by atoms with E-state index >= 15 is 0 Å². The average Bonchev–Trinajstić information content (AvgIpc) is 2.58. The molecule has 26 heavy (non-hydrogen) atoms. The molecule has 0 saturated heterocycles. The van der Waals surface area contributed by atoms with E-state index in [1.54, 1.807) is 24.3 Å². The second-order valence-corrected chi connectivity index (χ2v) is 8.53. The van der Waals surface area contributed by atoms with Crippen molar-refractivity contribution in [2.75, 3.05) is 30.8 Å². The minimum Gasteiger partial charge on any atom is -0.370 e. The molecule has 0 aromatic heterocycles. The fourth-order valence-electron chi connectivity index (χ4n) is 2.88. The number of carbonyl (C=O) groups excluding carboxylic acids is 1. The van der Waals surface area contributed by atoms with E-state index in [1.807, 2.05) is 12.1 Å². The van der Waals surface area contributed by atoms with E-state index in [1.165, 1.54) is 17.5 Å². The fraction of sp³-hybridized carbons (Fsp3) is 0.350. The first-order valence-corrected chi connectivity index (χ1v) is 10.7. The number of sulfone groups is 1. The predicted octanol–water partition coefficient (Wildman–Crippen LogP) is 2.80. The predicted molar refractivity (Wildman–Crippen MR) is 106 cm³/mol. The van der Waals surface area contributed by atoms with Crippen LogP contribution >= 0.6 is 0 Å². The smallest absolute Gasteiger partial charge is 0.251 e. The highest BCUT2D eigenvalue weighted by Gasteiger charge is 2.11. The van der Waals surface area contributed by atoms with Crippen LogP contribution in [0.5, 0.6) is 0 Å². The van der Waals surface area contributed by atoms with E-state index in [9.17, 15) is 13.2 Å². The summed E-state index contributed by atoms with van der Waals surface area (Å²) in [6.07, 6.45) is 1.19. The van der Waals surface area contributed by atoms with Crippen molar-refractivity contribution in [1.82, 2.24) is 5.32 Å². The Labute approximate surface area is 156 Å². The van der Waals surface area contributed by atoms with Crippen molar-refractivity contribution in [2.45, 2.75) is 19.6 Å². The SMILES string of the molecule is CCN(CCNC(=O)c1cccc(CS(C)(=O)=O)c1)c1ccccc1C. The summed E-state index contributed by atoms with van der Waals surface area (Å²) in [4.78, 5) is 14.6. The number of hydrogen-bond donors (Lipinski definition) is 1. The van der Waals surface area contributed by atoms with Gasteiger partial charge in [0.05, 0.1) is 5.75 Å². The highest BCUT2D eigenvalue weighted by molar-refractivity contribution is 7.89. The van der Waals surface area contributed by atoms with Gasteiger partial charge < -0.3 is 10.2 Å². The lowest BCUT2D eigenvalue weighted by Crippen LogP contribution is -2.35. The van der Waals surface area contributed by atoms with E-state index in [4.69, 9.17) is 0 Å². The van der Waals surface area contributed by atoms with E-state index in [0.717, 1.165) is 6.54 Å². The molecule has 5 nitrogen and oxygen atoms in total. The van der Waals surface area contributed by atoms with Gasteiger partial charge in [0.15, 0.2) is 9.84 Å². The molecule has 0 bridgehead atoms.